The number of halogens is 3. The molecule has 0 spiro atoms. The number of para-hydroxylation sites is 1. The van der Waals surface area contributed by atoms with Crippen molar-refractivity contribution in [2.45, 2.75) is 37.6 Å². The zero-order valence-electron chi connectivity index (χ0n) is 16.2. The first-order valence-electron chi connectivity index (χ1n) is 9.65. The van der Waals surface area contributed by atoms with Crippen molar-refractivity contribution in [2.24, 2.45) is 0 Å². The molecule has 1 heterocycles. The summed E-state index contributed by atoms with van der Waals surface area (Å²) in [7, 11) is 0. The average molecular weight is 406 g/mol. The molecule has 1 unspecified atom stereocenters. The molecule has 3 rings (SSSR count). The molecule has 1 aliphatic heterocycles. The van der Waals surface area contributed by atoms with Gasteiger partial charge in [-0.25, -0.2) is 0 Å². The van der Waals surface area contributed by atoms with E-state index in [1.54, 1.807) is 0 Å². The second-order valence-corrected chi connectivity index (χ2v) is 7.55. The van der Waals surface area contributed by atoms with Gasteiger partial charge in [-0.05, 0) is 37.5 Å². The topological polar surface area (TPSA) is 52.6 Å². The van der Waals surface area contributed by atoms with Crippen LogP contribution in [0.5, 0.6) is 0 Å². The van der Waals surface area contributed by atoms with Crippen LogP contribution in [0, 0.1) is 0 Å². The summed E-state index contributed by atoms with van der Waals surface area (Å²) in [5, 5.41) is 13.0. The molecule has 7 heteroatoms. The minimum Gasteiger partial charge on any atom is -0.376 e. The van der Waals surface area contributed by atoms with Gasteiger partial charge in [-0.3, -0.25) is 4.79 Å². The number of hydrogen-bond donors (Lipinski definition) is 2. The zero-order chi connectivity index (χ0) is 21.1. The summed E-state index contributed by atoms with van der Waals surface area (Å²) in [5.74, 6) is -0.186. The molecule has 0 radical (unpaired) electrons. The largest absolute Gasteiger partial charge is 0.421 e. The Morgan fingerprint density at radius 1 is 1.07 bits per heavy atom. The summed E-state index contributed by atoms with van der Waals surface area (Å²) in [6, 6.07) is 15.4. The maximum atomic E-state index is 12.9. The molecule has 1 saturated heterocycles. The summed E-state index contributed by atoms with van der Waals surface area (Å²) in [6.45, 7) is 2.63. The maximum absolute atomic E-state index is 12.9. The monoisotopic (exact) mass is 406 g/mol. The summed E-state index contributed by atoms with van der Waals surface area (Å²) in [5.41, 5.74) is -1.72. The fourth-order valence-corrected chi connectivity index (χ4v) is 3.46. The molecule has 2 aromatic rings. The number of rotatable bonds is 6. The van der Waals surface area contributed by atoms with Crippen LogP contribution in [-0.2, 0) is 5.60 Å². The number of alkyl halides is 3. The van der Waals surface area contributed by atoms with E-state index in [4.69, 9.17) is 0 Å². The van der Waals surface area contributed by atoms with Gasteiger partial charge in [-0.1, -0.05) is 42.5 Å². The predicted molar refractivity (Wildman–Crippen MR) is 106 cm³/mol. The number of carbonyl (C=O) groups excluding carboxylic acids is 1. The lowest BCUT2D eigenvalue weighted by Crippen LogP contribution is -2.44. The van der Waals surface area contributed by atoms with E-state index >= 15 is 0 Å². The van der Waals surface area contributed by atoms with Crippen molar-refractivity contribution in [1.29, 1.82) is 0 Å². The number of hydrogen-bond acceptors (Lipinski definition) is 4. The molecule has 0 aromatic heterocycles. The minimum absolute atomic E-state index is 0.130. The third-order valence-electron chi connectivity index (χ3n) is 5.49. The number of carbonyl (C=O) groups is 1. The number of ketones is 1. The van der Waals surface area contributed by atoms with Gasteiger partial charge in [-0.2, -0.15) is 13.2 Å². The van der Waals surface area contributed by atoms with Crippen LogP contribution in [0.25, 0.3) is 0 Å². The van der Waals surface area contributed by atoms with Crippen molar-refractivity contribution in [3.8, 4) is 0 Å². The van der Waals surface area contributed by atoms with E-state index < -0.39 is 11.8 Å². The normalized spacial score (nSPS) is 17.8. The fourth-order valence-electron chi connectivity index (χ4n) is 3.46. The molecule has 2 aromatic carbocycles. The lowest BCUT2D eigenvalue weighted by Gasteiger charge is -2.34. The molecule has 0 aliphatic carbocycles. The number of benzene rings is 2. The average Bonchev–Trinajstić information content (AvgIpc) is 2.72. The SMILES string of the molecule is CC(O)(c1ccc(C(=O)CNC2CCN(c3ccccc3)CC2)cc1)C(F)(F)F. The van der Waals surface area contributed by atoms with Gasteiger partial charge in [0.25, 0.3) is 0 Å². The Morgan fingerprint density at radius 2 is 1.66 bits per heavy atom. The van der Waals surface area contributed by atoms with Crippen molar-refractivity contribution in [3.63, 3.8) is 0 Å². The summed E-state index contributed by atoms with van der Waals surface area (Å²) in [4.78, 5) is 14.7. The van der Waals surface area contributed by atoms with Gasteiger partial charge in [0.2, 0.25) is 0 Å². The molecule has 4 nitrogen and oxygen atoms in total. The van der Waals surface area contributed by atoms with Gasteiger partial charge < -0.3 is 15.3 Å². The number of nitrogens with zero attached hydrogens (tertiary/aromatic N) is 1. The number of nitrogens with one attached hydrogen (secondary N) is 1. The molecular formula is C22H25F3N2O2. The van der Waals surface area contributed by atoms with E-state index in [1.807, 2.05) is 18.2 Å². The van der Waals surface area contributed by atoms with Gasteiger partial charge in [0.05, 0.1) is 6.54 Å². The highest BCUT2D eigenvalue weighted by atomic mass is 19.4. The van der Waals surface area contributed by atoms with Gasteiger partial charge >= 0.3 is 6.18 Å². The van der Waals surface area contributed by atoms with Crippen LogP contribution >= 0.6 is 0 Å². The van der Waals surface area contributed by atoms with E-state index in [1.165, 1.54) is 17.8 Å². The predicted octanol–water partition coefficient (Wildman–Crippen LogP) is 3.90. The van der Waals surface area contributed by atoms with Gasteiger partial charge in [0.1, 0.15) is 0 Å². The lowest BCUT2D eigenvalue weighted by atomic mass is 9.94. The Morgan fingerprint density at radius 3 is 2.21 bits per heavy atom. The summed E-state index contributed by atoms with van der Waals surface area (Å²) in [6.07, 6.45) is -2.96. The smallest absolute Gasteiger partial charge is 0.376 e. The van der Waals surface area contributed by atoms with Crippen LogP contribution in [0.1, 0.15) is 35.7 Å². The molecule has 1 fully saturated rings. The Balaban J connectivity index is 1.50. The summed E-state index contributed by atoms with van der Waals surface area (Å²) < 4.78 is 38.7. The Hall–Kier alpha value is -2.38. The molecule has 2 N–H and O–H groups in total. The first kappa shape index (κ1) is 21.3. The fraction of sp³-hybridized carbons (Fsp3) is 0.409. The van der Waals surface area contributed by atoms with Gasteiger partial charge in [0.15, 0.2) is 11.4 Å². The summed E-state index contributed by atoms with van der Waals surface area (Å²) >= 11 is 0. The van der Waals surface area contributed by atoms with E-state index in [0.29, 0.717) is 12.5 Å². The van der Waals surface area contributed by atoms with Crippen LogP contribution in [0.15, 0.2) is 54.6 Å². The van der Waals surface area contributed by atoms with Crippen molar-refractivity contribution in [3.05, 3.63) is 65.7 Å². The van der Waals surface area contributed by atoms with Crippen LogP contribution in [0.2, 0.25) is 0 Å². The highest BCUT2D eigenvalue weighted by molar-refractivity contribution is 5.97. The quantitative estimate of drug-likeness (QED) is 0.715. The van der Waals surface area contributed by atoms with E-state index in [0.717, 1.165) is 38.1 Å². The first-order valence-corrected chi connectivity index (χ1v) is 9.65. The van der Waals surface area contributed by atoms with E-state index in [-0.39, 0.29) is 23.9 Å². The third-order valence-corrected chi connectivity index (χ3v) is 5.49. The molecule has 0 amide bonds. The number of anilines is 1. The molecular weight excluding hydrogens is 381 g/mol. The second-order valence-electron chi connectivity index (χ2n) is 7.55. The van der Waals surface area contributed by atoms with Gasteiger partial charge in [0, 0.05) is 30.4 Å². The van der Waals surface area contributed by atoms with Crippen molar-refractivity contribution >= 4 is 11.5 Å². The van der Waals surface area contributed by atoms with Gasteiger partial charge in [-0.15, -0.1) is 0 Å². The Labute approximate surface area is 168 Å². The zero-order valence-corrected chi connectivity index (χ0v) is 16.2. The standard InChI is InChI=1S/C22H25F3N2O2/c1-21(29,22(23,24)25)17-9-7-16(8-10-17)20(28)15-26-18-11-13-27(14-12-18)19-5-3-2-4-6-19/h2-10,18,26,29H,11-15H2,1H3. The third kappa shape index (κ3) is 4.97. The van der Waals surface area contributed by atoms with Crippen LogP contribution in [0.4, 0.5) is 18.9 Å². The highest BCUT2D eigenvalue weighted by Gasteiger charge is 2.51. The van der Waals surface area contributed by atoms with Crippen molar-refractivity contribution in [2.75, 3.05) is 24.5 Å². The number of piperidine rings is 1. The molecule has 1 aliphatic rings. The van der Waals surface area contributed by atoms with E-state index in [9.17, 15) is 23.1 Å². The highest BCUT2D eigenvalue weighted by Crippen LogP contribution is 2.38. The van der Waals surface area contributed by atoms with Crippen LogP contribution in [-0.4, -0.2) is 42.7 Å². The molecule has 29 heavy (non-hydrogen) atoms. The van der Waals surface area contributed by atoms with Crippen molar-refractivity contribution in [1.82, 2.24) is 5.32 Å². The van der Waals surface area contributed by atoms with E-state index in [2.05, 4.69) is 22.3 Å². The number of aliphatic hydroxyl groups is 1. The molecule has 0 bridgehead atoms. The maximum Gasteiger partial charge on any atom is 0.421 e. The second kappa shape index (κ2) is 8.55. The van der Waals surface area contributed by atoms with Crippen LogP contribution in [0.3, 0.4) is 0 Å². The first-order chi connectivity index (χ1) is 13.7. The molecule has 0 saturated carbocycles. The Bertz CT molecular complexity index is 812. The minimum atomic E-state index is -4.78. The molecule has 156 valence electrons. The lowest BCUT2D eigenvalue weighted by molar-refractivity contribution is -0.258. The molecule has 1 atom stereocenters. The van der Waals surface area contributed by atoms with Crippen molar-refractivity contribution < 1.29 is 23.1 Å². The number of Topliss-reactive ketones (excluding diaryl/α,β-unsaturated/α-hetero) is 1. The Kier molecular flexibility index (Phi) is 6.29. The van der Waals surface area contributed by atoms with Crippen LogP contribution < -0.4 is 10.2 Å².